The first kappa shape index (κ1) is 12.0. The summed E-state index contributed by atoms with van der Waals surface area (Å²) >= 11 is 0. The maximum absolute atomic E-state index is 9.44. The van der Waals surface area contributed by atoms with Gasteiger partial charge in [-0.15, -0.1) is 0 Å². The van der Waals surface area contributed by atoms with E-state index in [1.807, 2.05) is 13.0 Å². The smallest absolute Gasteiger partial charge is 0.124 e. The van der Waals surface area contributed by atoms with E-state index in [0.29, 0.717) is 12.6 Å². The Morgan fingerprint density at radius 1 is 1.44 bits per heavy atom. The quantitative estimate of drug-likeness (QED) is 0.862. The molecule has 18 heavy (non-hydrogen) atoms. The summed E-state index contributed by atoms with van der Waals surface area (Å²) in [6.45, 7) is 2.45. The van der Waals surface area contributed by atoms with Crippen LogP contribution in [0.15, 0.2) is 24.3 Å². The molecule has 1 aromatic carbocycles. The molecule has 1 aromatic rings. The molecule has 0 amide bonds. The lowest BCUT2D eigenvalue weighted by Gasteiger charge is -2.48. The van der Waals surface area contributed by atoms with Crippen molar-refractivity contribution in [2.45, 2.75) is 50.4 Å². The van der Waals surface area contributed by atoms with Gasteiger partial charge in [0.25, 0.3) is 0 Å². The molecule has 2 N–H and O–H groups in total. The largest absolute Gasteiger partial charge is 0.487 e. The number of hydrogen-bond acceptors (Lipinski definition) is 3. The number of aliphatic hydroxyl groups excluding tert-OH is 1. The lowest BCUT2D eigenvalue weighted by atomic mass is 9.73. The molecule has 2 aliphatic rings. The second kappa shape index (κ2) is 4.56. The minimum atomic E-state index is -0.308. The molecule has 2 unspecified atom stereocenters. The highest BCUT2D eigenvalue weighted by atomic mass is 16.5. The molecule has 1 aliphatic carbocycles. The van der Waals surface area contributed by atoms with Gasteiger partial charge in [-0.3, -0.25) is 0 Å². The van der Waals surface area contributed by atoms with Crippen LogP contribution in [0, 0.1) is 0 Å². The van der Waals surface area contributed by atoms with Gasteiger partial charge in [0.05, 0.1) is 6.10 Å². The summed E-state index contributed by atoms with van der Waals surface area (Å²) < 4.78 is 6.19. The van der Waals surface area contributed by atoms with E-state index in [9.17, 15) is 5.11 Å². The molecule has 1 aliphatic heterocycles. The molecule has 98 valence electrons. The molecule has 1 saturated carbocycles. The maximum atomic E-state index is 9.44. The fraction of sp³-hybridized carbons (Fsp3) is 0.600. The van der Waals surface area contributed by atoms with Crippen LogP contribution in [0.1, 0.15) is 44.2 Å². The third-order valence-corrected chi connectivity index (χ3v) is 4.12. The molecular weight excluding hydrogens is 226 g/mol. The van der Waals surface area contributed by atoms with Gasteiger partial charge in [-0.2, -0.15) is 0 Å². The predicted octanol–water partition coefficient (Wildman–Crippen LogP) is 2.40. The number of nitrogens with one attached hydrogen (secondary N) is 1. The second-order valence-corrected chi connectivity index (χ2v) is 5.69. The number of aliphatic hydroxyl groups is 1. The second-order valence-electron chi connectivity index (χ2n) is 5.69. The van der Waals surface area contributed by atoms with Crippen molar-refractivity contribution in [2.24, 2.45) is 0 Å². The van der Waals surface area contributed by atoms with E-state index in [1.165, 1.54) is 12.0 Å². The van der Waals surface area contributed by atoms with Crippen molar-refractivity contribution in [3.8, 4) is 5.75 Å². The van der Waals surface area contributed by atoms with E-state index in [2.05, 4.69) is 23.5 Å². The summed E-state index contributed by atoms with van der Waals surface area (Å²) in [5.41, 5.74) is 1.29. The normalized spacial score (nSPS) is 26.0. The van der Waals surface area contributed by atoms with E-state index < -0.39 is 0 Å². The Hall–Kier alpha value is -1.06. The molecule has 1 heterocycles. The Morgan fingerprint density at radius 2 is 2.22 bits per heavy atom. The highest BCUT2D eigenvalue weighted by Gasteiger charge is 2.45. The summed E-state index contributed by atoms with van der Waals surface area (Å²) in [5.74, 6) is 1.02. The molecule has 0 radical (unpaired) electrons. The standard InChI is InChI=1S/C15H21NO2/c1-11(17)10-16-13-9-15(7-4-8-15)18-14-6-3-2-5-12(13)14/h2-3,5-6,11,13,16-17H,4,7-10H2,1H3. The van der Waals surface area contributed by atoms with Crippen molar-refractivity contribution in [3.63, 3.8) is 0 Å². The summed E-state index contributed by atoms with van der Waals surface area (Å²) in [7, 11) is 0. The fourth-order valence-corrected chi connectivity index (χ4v) is 2.99. The van der Waals surface area contributed by atoms with Crippen LogP contribution < -0.4 is 10.1 Å². The van der Waals surface area contributed by atoms with Crippen LogP contribution in [0.2, 0.25) is 0 Å². The van der Waals surface area contributed by atoms with Gasteiger partial charge in [0.15, 0.2) is 0 Å². The van der Waals surface area contributed by atoms with Crippen molar-refractivity contribution in [1.29, 1.82) is 0 Å². The Labute approximate surface area is 108 Å². The molecule has 0 saturated heterocycles. The average Bonchev–Trinajstić information content (AvgIpc) is 2.33. The van der Waals surface area contributed by atoms with Gasteiger partial charge in [-0.25, -0.2) is 0 Å². The maximum Gasteiger partial charge on any atom is 0.124 e. The van der Waals surface area contributed by atoms with Gasteiger partial charge in [-0.1, -0.05) is 18.2 Å². The fourth-order valence-electron chi connectivity index (χ4n) is 2.99. The van der Waals surface area contributed by atoms with Crippen LogP contribution in [0.3, 0.4) is 0 Å². The molecule has 0 aromatic heterocycles. The molecule has 3 nitrogen and oxygen atoms in total. The Kier molecular flexibility index (Phi) is 3.04. The molecule has 1 spiro atoms. The van der Waals surface area contributed by atoms with Gasteiger partial charge >= 0.3 is 0 Å². The molecule has 1 fully saturated rings. The predicted molar refractivity (Wildman–Crippen MR) is 70.7 cm³/mol. The minimum absolute atomic E-state index is 0.0602. The third-order valence-electron chi connectivity index (χ3n) is 4.12. The van der Waals surface area contributed by atoms with Crippen molar-refractivity contribution in [3.05, 3.63) is 29.8 Å². The number of ether oxygens (including phenoxy) is 1. The monoisotopic (exact) mass is 247 g/mol. The van der Waals surface area contributed by atoms with Gasteiger partial charge < -0.3 is 15.2 Å². The zero-order chi connectivity index (χ0) is 12.6. The van der Waals surface area contributed by atoms with Crippen LogP contribution in [-0.2, 0) is 0 Å². The molecule has 3 rings (SSSR count). The van der Waals surface area contributed by atoms with Crippen molar-refractivity contribution < 1.29 is 9.84 Å². The lowest BCUT2D eigenvalue weighted by Crippen LogP contribution is -2.49. The number of benzene rings is 1. The Bertz CT molecular complexity index is 426. The zero-order valence-corrected chi connectivity index (χ0v) is 10.9. The highest BCUT2D eigenvalue weighted by molar-refractivity contribution is 5.39. The number of rotatable bonds is 3. The van der Waals surface area contributed by atoms with Crippen LogP contribution in [0.25, 0.3) is 0 Å². The molecule has 2 atom stereocenters. The third kappa shape index (κ3) is 2.13. The first-order chi connectivity index (χ1) is 8.69. The van der Waals surface area contributed by atoms with Crippen molar-refractivity contribution in [1.82, 2.24) is 5.32 Å². The number of hydrogen-bond donors (Lipinski definition) is 2. The number of fused-ring (bicyclic) bond motifs is 1. The first-order valence-electron chi connectivity index (χ1n) is 6.88. The molecule has 3 heteroatoms. The van der Waals surface area contributed by atoms with Gasteiger partial charge in [0, 0.05) is 24.6 Å². The average molecular weight is 247 g/mol. The van der Waals surface area contributed by atoms with Crippen LogP contribution in [-0.4, -0.2) is 23.4 Å². The van der Waals surface area contributed by atoms with E-state index in [4.69, 9.17) is 4.74 Å². The Morgan fingerprint density at radius 3 is 2.89 bits per heavy atom. The highest BCUT2D eigenvalue weighted by Crippen LogP contribution is 2.48. The Balaban J connectivity index is 1.83. The topological polar surface area (TPSA) is 41.5 Å². The summed E-state index contributed by atoms with van der Waals surface area (Å²) in [6.07, 6.45) is 4.31. The summed E-state index contributed by atoms with van der Waals surface area (Å²) in [6, 6.07) is 8.58. The number of para-hydroxylation sites is 1. The van der Waals surface area contributed by atoms with Gasteiger partial charge in [0.1, 0.15) is 11.4 Å². The van der Waals surface area contributed by atoms with E-state index in [-0.39, 0.29) is 11.7 Å². The molecule has 0 bridgehead atoms. The van der Waals surface area contributed by atoms with Crippen LogP contribution >= 0.6 is 0 Å². The van der Waals surface area contributed by atoms with Crippen molar-refractivity contribution >= 4 is 0 Å². The van der Waals surface area contributed by atoms with E-state index in [0.717, 1.165) is 25.0 Å². The lowest BCUT2D eigenvalue weighted by molar-refractivity contribution is -0.0377. The SMILES string of the molecule is CC(O)CNC1CC2(CCC2)Oc2ccccc21. The van der Waals surface area contributed by atoms with Crippen LogP contribution in [0.5, 0.6) is 5.75 Å². The van der Waals surface area contributed by atoms with Gasteiger partial charge in [-0.05, 0) is 32.3 Å². The minimum Gasteiger partial charge on any atom is -0.487 e. The van der Waals surface area contributed by atoms with Crippen LogP contribution in [0.4, 0.5) is 0 Å². The van der Waals surface area contributed by atoms with E-state index >= 15 is 0 Å². The van der Waals surface area contributed by atoms with Gasteiger partial charge in [0.2, 0.25) is 0 Å². The summed E-state index contributed by atoms with van der Waals surface area (Å²) in [5, 5.41) is 12.9. The summed E-state index contributed by atoms with van der Waals surface area (Å²) in [4.78, 5) is 0. The first-order valence-corrected chi connectivity index (χ1v) is 6.88. The van der Waals surface area contributed by atoms with Crippen molar-refractivity contribution in [2.75, 3.05) is 6.54 Å². The zero-order valence-electron chi connectivity index (χ0n) is 10.9. The van der Waals surface area contributed by atoms with E-state index in [1.54, 1.807) is 0 Å². The molecular formula is C15H21NO2.